The topological polar surface area (TPSA) is 184 Å². The summed E-state index contributed by atoms with van der Waals surface area (Å²) < 4.78 is 33.6. The highest BCUT2D eigenvalue weighted by atomic mass is 19.4. The van der Waals surface area contributed by atoms with Crippen molar-refractivity contribution in [3.8, 4) is 0 Å². The van der Waals surface area contributed by atoms with Crippen LogP contribution in [0.1, 0.15) is 50.1 Å². The van der Waals surface area contributed by atoms with Crippen molar-refractivity contribution in [2.75, 3.05) is 84.4 Å². The highest BCUT2D eigenvalue weighted by Crippen LogP contribution is 2.36. The third kappa shape index (κ3) is 9.82. The lowest BCUT2D eigenvalue weighted by molar-refractivity contribution is -0.192. The number of likely N-dealkylation sites (N-methyl/N-ethyl adjacent to an activating group) is 1. The monoisotopic (exact) mass is 849 g/mol. The molecule has 0 spiro atoms. The number of carboxylic acids is 2. The van der Waals surface area contributed by atoms with Crippen molar-refractivity contribution in [1.82, 2.24) is 39.0 Å². The van der Waals surface area contributed by atoms with Crippen molar-refractivity contribution in [2.24, 2.45) is 11.8 Å². The average molecular weight is 850 g/mol. The Bertz CT molecular complexity index is 2350. The number of carbonyl (C=O) groups is 4. The SMILES string of the molecule is CN1CCN(Cc2ccc3c(c2)c(=O)n(C2CCC(C(=O)O)CC2)c2nc(NCC4CC4)ncc32)CC1.O=C(O)C(F)(F)F.O=C1C=C(N2CC2)C(=O)C(N2CC2)=C1N1CC1. The Hall–Kier alpha value is -5.56. The molecule has 0 amide bonds. The number of alkyl halides is 3. The van der Waals surface area contributed by atoms with Gasteiger partial charge in [-0.05, 0) is 68.5 Å². The van der Waals surface area contributed by atoms with Gasteiger partial charge in [0.2, 0.25) is 17.5 Å². The van der Waals surface area contributed by atoms with E-state index in [0.717, 1.165) is 94.9 Å². The molecule has 4 aliphatic heterocycles. The lowest BCUT2D eigenvalue weighted by Gasteiger charge is -2.32. The van der Waals surface area contributed by atoms with Gasteiger partial charge in [-0.3, -0.25) is 28.6 Å². The molecule has 326 valence electrons. The lowest BCUT2D eigenvalue weighted by atomic mass is 9.85. The number of nitrogens with zero attached hydrogens (tertiary/aromatic N) is 8. The van der Waals surface area contributed by atoms with Crippen molar-refractivity contribution in [1.29, 1.82) is 0 Å². The molecule has 0 radical (unpaired) electrons. The van der Waals surface area contributed by atoms with Gasteiger partial charge in [-0.25, -0.2) is 9.78 Å². The molecule has 3 aromatic rings. The minimum atomic E-state index is -5.08. The van der Waals surface area contributed by atoms with Crippen LogP contribution in [0.2, 0.25) is 0 Å². The number of pyridine rings is 1. The van der Waals surface area contributed by atoms with Crippen LogP contribution in [0.15, 0.2) is 52.4 Å². The number of carboxylic acid groups (broad SMARTS) is 2. The number of rotatable bonds is 10. The summed E-state index contributed by atoms with van der Waals surface area (Å²) in [6.07, 6.45) is 3.23. The van der Waals surface area contributed by atoms with E-state index in [9.17, 15) is 37.5 Å². The number of piperazine rings is 1. The fraction of sp³-hybridized carbons (Fsp3) is 0.548. The second kappa shape index (κ2) is 17.1. The number of fused-ring (bicyclic) bond motifs is 3. The van der Waals surface area contributed by atoms with E-state index in [1.807, 2.05) is 31.5 Å². The van der Waals surface area contributed by atoms with E-state index in [4.69, 9.17) is 14.9 Å². The molecule has 6 fully saturated rings. The number of hydrogen-bond donors (Lipinski definition) is 3. The Morgan fingerprint density at radius 3 is 2.00 bits per heavy atom. The minimum absolute atomic E-state index is 0.00546. The van der Waals surface area contributed by atoms with E-state index >= 15 is 0 Å². The van der Waals surface area contributed by atoms with Gasteiger partial charge in [0.1, 0.15) is 17.0 Å². The molecule has 3 N–H and O–H groups in total. The van der Waals surface area contributed by atoms with Gasteiger partial charge in [-0.1, -0.05) is 12.1 Å². The molecular formula is C42H50F3N9O7. The van der Waals surface area contributed by atoms with Crippen molar-refractivity contribution in [3.05, 3.63) is 63.5 Å². The van der Waals surface area contributed by atoms with Crippen LogP contribution in [-0.2, 0) is 25.7 Å². The summed E-state index contributed by atoms with van der Waals surface area (Å²) in [5, 5.41) is 22.4. The Labute approximate surface area is 349 Å². The number of aliphatic carboxylic acids is 2. The number of carbonyl (C=O) groups excluding carboxylic acids is 2. The smallest absolute Gasteiger partial charge is 0.481 e. The van der Waals surface area contributed by atoms with E-state index in [0.29, 0.717) is 65.7 Å². The maximum atomic E-state index is 14.1. The zero-order valence-corrected chi connectivity index (χ0v) is 34.0. The van der Waals surface area contributed by atoms with Crippen LogP contribution in [0.25, 0.3) is 21.8 Å². The normalized spacial score (nSPS) is 23.0. The van der Waals surface area contributed by atoms with Crippen LogP contribution in [0.4, 0.5) is 19.1 Å². The predicted octanol–water partition coefficient (Wildman–Crippen LogP) is 3.14. The van der Waals surface area contributed by atoms with Gasteiger partial charge in [-0.2, -0.15) is 18.2 Å². The second-order valence-electron chi connectivity index (χ2n) is 16.9. The van der Waals surface area contributed by atoms with Gasteiger partial charge in [0.25, 0.3) is 5.56 Å². The predicted molar refractivity (Wildman–Crippen MR) is 217 cm³/mol. The summed E-state index contributed by atoms with van der Waals surface area (Å²) in [4.78, 5) is 79.2. The quantitative estimate of drug-likeness (QED) is 0.154. The van der Waals surface area contributed by atoms with Crippen molar-refractivity contribution in [2.45, 2.75) is 57.3 Å². The molecule has 61 heavy (non-hydrogen) atoms. The van der Waals surface area contributed by atoms with E-state index in [1.54, 1.807) is 0 Å². The number of halogens is 3. The first-order valence-corrected chi connectivity index (χ1v) is 21.0. The van der Waals surface area contributed by atoms with Gasteiger partial charge in [0.15, 0.2) is 0 Å². The average Bonchev–Trinajstić information content (AvgIpc) is 4.02. The third-order valence-corrected chi connectivity index (χ3v) is 12.2. The molecule has 0 unspecified atom stereocenters. The van der Waals surface area contributed by atoms with Gasteiger partial charge in [0, 0.05) is 108 Å². The van der Waals surface area contributed by atoms with Crippen LogP contribution >= 0.6 is 0 Å². The van der Waals surface area contributed by atoms with E-state index < -0.39 is 18.1 Å². The van der Waals surface area contributed by atoms with Crippen LogP contribution in [0, 0.1) is 11.8 Å². The number of Topliss-reactive ketones (excluding diaryl/α,β-unsaturated/α-hetero) is 1. The summed E-state index contributed by atoms with van der Waals surface area (Å²) in [6, 6.07) is 6.16. The first-order valence-electron chi connectivity index (χ1n) is 21.0. The molecule has 4 saturated heterocycles. The fourth-order valence-corrected chi connectivity index (χ4v) is 8.18. The molecule has 6 heterocycles. The lowest BCUT2D eigenvalue weighted by Crippen LogP contribution is -2.43. The number of anilines is 1. The summed E-state index contributed by atoms with van der Waals surface area (Å²) in [7, 11) is 2.15. The summed E-state index contributed by atoms with van der Waals surface area (Å²) in [6.45, 7) is 11.2. The number of nitrogens with one attached hydrogen (secondary N) is 1. The van der Waals surface area contributed by atoms with Crippen LogP contribution in [0.3, 0.4) is 0 Å². The molecule has 1 aromatic carbocycles. The summed E-state index contributed by atoms with van der Waals surface area (Å²) in [5.74, 6) is -2.54. The molecule has 7 aliphatic rings. The number of allylic oxidation sites excluding steroid dienone is 1. The Kier molecular flexibility index (Phi) is 11.8. The van der Waals surface area contributed by atoms with E-state index in [2.05, 4.69) is 39.3 Å². The van der Waals surface area contributed by atoms with Crippen molar-refractivity contribution in [3.63, 3.8) is 0 Å². The third-order valence-electron chi connectivity index (χ3n) is 12.2. The number of ketones is 2. The Balaban J connectivity index is 0.000000175. The molecule has 0 atom stereocenters. The molecular weight excluding hydrogens is 800 g/mol. The molecule has 2 aromatic heterocycles. The van der Waals surface area contributed by atoms with Gasteiger partial charge in [0.05, 0.1) is 11.6 Å². The molecule has 2 saturated carbocycles. The first kappa shape index (κ1) is 42.1. The number of aromatic nitrogens is 3. The standard InChI is InChI=1S/C28H36N6O3.C12H13N3O2.C2HF3O2/c1-32-10-12-33(13-11-32)17-19-4-9-22-23(14-19)26(35)34(21-7-5-20(6-8-21)27(36)37)25-24(22)16-30-28(31-25)29-15-18-2-3-18;16-9-7-8(13-1-2-13)12(17)11(15-5-6-15)10(9)14-3-4-14;3-2(4,5)1(6)7/h4,9,14,16,18,20-21H,2-3,5-8,10-13,15,17H2,1H3,(H,36,37)(H,29,30,31);7H,1-6H2;(H,6,7). The highest BCUT2D eigenvalue weighted by molar-refractivity contribution is 6.22. The second-order valence-corrected chi connectivity index (χ2v) is 16.9. The Morgan fingerprint density at radius 2 is 1.43 bits per heavy atom. The van der Waals surface area contributed by atoms with Crippen molar-refractivity contribution < 1.29 is 42.6 Å². The van der Waals surface area contributed by atoms with Crippen LogP contribution in [-0.4, -0.2) is 158 Å². The maximum Gasteiger partial charge on any atom is 0.490 e. The van der Waals surface area contributed by atoms with Crippen molar-refractivity contribution >= 4 is 51.3 Å². The van der Waals surface area contributed by atoms with E-state index in [-0.39, 0.29) is 29.1 Å². The molecule has 3 aliphatic carbocycles. The van der Waals surface area contributed by atoms with Gasteiger partial charge in [-0.15, -0.1) is 0 Å². The number of hydrogen-bond acceptors (Lipinski definition) is 13. The zero-order chi connectivity index (χ0) is 43.2. The Morgan fingerprint density at radius 1 is 0.803 bits per heavy atom. The fourth-order valence-electron chi connectivity index (χ4n) is 8.18. The number of benzene rings is 1. The summed E-state index contributed by atoms with van der Waals surface area (Å²) in [5.41, 5.74) is 3.64. The maximum absolute atomic E-state index is 14.1. The molecule has 16 nitrogen and oxygen atoms in total. The highest BCUT2D eigenvalue weighted by Gasteiger charge is 2.43. The van der Waals surface area contributed by atoms with E-state index in [1.165, 1.54) is 18.9 Å². The van der Waals surface area contributed by atoms with Gasteiger partial charge >= 0.3 is 18.1 Å². The first-order chi connectivity index (χ1) is 29.2. The van der Waals surface area contributed by atoms with Gasteiger partial charge < -0.3 is 35.1 Å². The summed E-state index contributed by atoms with van der Waals surface area (Å²) >= 11 is 0. The largest absolute Gasteiger partial charge is 0.490 e. The molecule has 19 heteroatoms. The minimum Gasteiger partial charge on any atom is -0.481 e. The van der Waals surface area contributed by atoms with Crippen LogP contribution < -0.4 is 10.9 Å². The molecule has 0 bridgehead atoms. The zero-order valence-electron chi connectivity index (χ0n) is 34.0. The van der Waals surface area contributed by atoms with Crippen LogP contribution in [0.5, 0.6) is 0 Å². The molecule has 10 rings (SSSR count).